The van der Waals surface area contributed by atoms with Crippen molar-refractivity contribution in [1.29, 1.82) is 0 Å². The van der Waals surface area contributed by atoms with Crippen LogP contribution in [0.4, 0.5) is 0 Å². The van der Waals surface area contributed by atoms with E-state index in [0.29, 0.717) is 6.61 Å². The molecule has 0 unspecified atom stereocenters. The third-order valence-electron chi connectivity index (χ3n) is 1.52. The van der Waals surface area contributed by atoms with Crippen LogP contribution < -0.4 is 5.73 Å². The van der Waals surface area contributed by atoms with Crippen molar-refractivity contribution < 1.29 is 4.74 Å². The highest BCUT2D eigenvalue weighted by Gasteiger charge is 2.04. The standard InChI is InChI=1S/C8H11IN2O/c1-12-5-7(10)6-2-3-8(9)11-4-6/h2-4,7H,5,10H2,1H3/t7-/m0/s1. The van der Waals surface area contributed by atoms with Crippen molar-refractivity contribution >= 4 is 22.6 Å². The van der Waals surface area contributed by atoms with E-state index in [0.717, 1.165) is 9.26 Å². The molecule has 12 heavy (non-hydrogen) atoms. The molecule has 0 aliphatic heterocycles. The van der Waals surface area contributed by atoms with Gasteiger partial charge in [-0.05, 0) is 34.2 Å². The molecular formula is C8H11IN2O. The van der Waals surface area contributed by atoms with Gasteiger partial charge in [0, 0.05) is 13.3 Å². The highest BCUT2D eigenvalue weighted by molar-refractivity contribution is 14.1. The molecule has 1 atom stereocenters. The highest BCUT2D eigenvalue weighted by Crippen LogP contribution is 2.10. The summed E-state index contributed by atoms with van der Waals surface area (Å²) in [6.07, 6.45) is 1.78. The monoisotopic (exact) mass is 278 g/mol. The first kappa shape index (κ1) is 9.88. The summed E-state index contributed by atoms with van der Waals surface area (Å²) in [7, 11) is 1.64. The Hall–Kier alpha value is -0.200. The second-order valence-electron chi connectivity index (χ2n) is 2.48. The molecule has 1 aromatic heterocycles. The number of methoxy groups -OCH3 is 1. The largest absolute Gasteiger partial charge is 0.383 e. The van der Waals surface area contributed by atoms with Crippen LogP contribution in [-0.4, -0.2) is 18.7 Å². The number of hydrogen-bond acceptors (Lipinski definition) is 3. The van der Waals surface area contributed by atoms with Crippen molar-refractivity contribution in [3.8, 4) is 0 Å². The average Bonchev–Trinajstić information content (AvgIpc) is 2.06. The topological polar surface area (TPSA) is 48.1 Å². The van der Waals surface area contributed by atoms with Gasteiger partial charge in [-0.2, -0.15) is 0 Å². The Morgan fingerprint density at radius 2 is 2.42 bits per heavy atom. The number of rotatable bonds is 3. The van der Waals surface area contributed by atoms with E-state index < -0.39 is 0 Å². The van der Waals surface area contributed by atoms with Gasteiger partial charge in [0.15, 0.2) is 0 Å². The summed E-state index contributed by atoms with van der Waals surface area (Å²) in [5.41, 5.74) is 6.80. The number of aromatic nitrogens is 1. The van der Waals surface area contributed by atoms with Crippen molar-refractivity contribution in [3.05, 3.63) is 27.6 Å². The van der Waals surface area contributed by atoms with E-state index >= 15 is 0 Å². The van der Waals surface area contributed by atoms with E-state index in [4.69, 9.17) is 10.5 Å². The van der Waals surface area contributed by atoms with Crippen LogP contribution in [0.1, 0.15) is 11.6 Å². The van der Waals surface area contributed by atoms with Gasteiger partial charge in [0.25, 0.3) is 0 Å². The number of hydrogen-bond donors (Lipinski definition) is 1. The van der Waals surface area contributed by atoms with Crippen molar-refractivity contribution in [3.63, 3.8) is 0 Å². The van der Waals surface area contributed by atoms with Crippen molar-refractivity contribution in [2.45, 2.75) is 6.04 Å². The molecule has 0 radical (unpaired) electrons. The maximum Gasteiger partial charge on any atom is 0.101 e. The molecule has 0 fully saturated rings. The van der Waals surface area contributed by atoms with Crippen molar-refractivity contribution in [1.82, 2.24) is 4.98 Å². The quantitative estimate of drug-likeness (QED) is 0.670. The van der Waals surface area contributed by atoms with E-state index in [9.17, 15) is 0 Å². The van der Waals surface area contributed by atoms with Crippen LogP contribution >= 0.6 is 22.6 Å². The predicted molar refractivity (Wildman–Crippen MR) is 55.8 cm³/mol. The van der Waals surface area contributed by atoms with Crippen LogP contribution in [0.3, 0.4) is 0 Å². The van der Waals surface area contributed by atoms with Crippen molar-refractivity contribution in [2.75, 3.05) is 13.7 Å². The Morgan fingerprint density at radius 1 is 1.67 bits per heavy atom. The Kier molecular flexibility index (Phi) is 3.90. The van der Waals surface area contributed by atoms with Gasteiger partial charge in [-0.1, -0.05) is 6.07 Å². The molecule has 4 heteroatoms. The average molecular weight is 278 g/mol. The van der Waals surface area contributed by atoms with Gasteiger partial charge in [-0.25, -0.2) is 4.98 Å². The van der Waals surface area contributed by atoms with Crippen LogP contribution in [0.25, 0.3) is 0 Å². The molecule has 0 saturated heterocycles. The molecule has 0 spiro atoms. The zero-order valence-corrected chi connectivity index (χ0v) is 8.98. The fourth-order valence-corrected chi connectivity index (χ4v) is 1.20. The smallest absolute Gasteiger partial charge is 0.101 e. The summed E-state index contributed by atoms with van der Waals surface area (Å²) in [4.78, 5) is 4.13. The fourth-order valence-electron chi connectivity index (χ4n) is 0.882. The third kappa shape index (κ3) is 2.69. The van der Waals surface area contributed by atoms with E-state index in [1.54, 1.807) is 13.3 Å². The first-order valence-electron chi connectivity index (χ1n) is 3.60. The van der Waals surface area contributed by atoms with Gasteiger partial charge >= 0.3 is 0 Å². The Bertz CT molecular complexity index is 237. The molecule has 0 aromatic carbocycles. The fraction of sp³-hybridized carbons (Fsp3) is 0.375. The molecule has 0 saturated carbocycles. The van der Waals surface area contributed by atoms with E-state index in [-0.39, 0.29) is 6.04 Å². The van der Waals surface area contributed by atoms with Gasteiger partial charge < -0.3 is 10.5 Å². The zero-order valence-electron chi connectivity index (χ0n) is 6.83. The zero-order chi connectivity index (χ0) is 8.97. The minimum absolute atomic E-state index is 0.0699. The molecule has 0 bridgehead atoms. The summed E-state index contributed by atoms with van der Waals surface area (Å²) in [6.45, 7) is 0.530. The molecule has 2 N–H and O–H groups in total. The van der Waals surface area contributed by atoms with E-state index in [1.807, 2.05) is 12.1 Å². The Labute approximate surface area is 85.5 Å². The SMILES string of the molecule is COC[C@H](N)c1ccc(I)nc1. The number of halogens is 1. The number of nitrogens with two attached hydrogens (primary N) is 1. The van der Waals surface area contributed by atoms with Gasteiger partial charge in [-0.3, -0.25) is 0 Å². The highest BCUT2D eigenvalue weighted by atomic mass is 127. The first-order chi connectivity index (χ1) is 5.74. The second-order valence-corrected chi connectivity index (χ2v) is 3.58. The summed E-state index contributed by atoms with van der Waals surface area (Å²) in [5, 5.41) is 0. The predicted octanol–water partition coefficient (Wildman–Crippen LogP) is 1.33. The van der Waals surface area contributed by atoms with E-state index in [2.05, 4.69) is 27.6 Å². The molecule has 1 aromatic rings. The summed E-state index contributed by atoms with van der Waals surface area (Å²) >= 11 is 2.16. The van der Waals surface area contributed by atoms with Crippen LogP contribution in [0.2, 0.25) is 0 Å². The molecule has 3 nitrogen and oxygen atoms in total. The maximum atomic E-state index is 5.79. The Morgan fingerprint density at radius 3 is 2.92 bits per heavy atom. The van der Waals surface area contributed by atoms with Crippen LogP contribution in [0.15, 0.2) is 18.3 Å². The minimum Gasteiger partial charge on any atom is -0.383 e. The lowest BCUT2D eigenvalue weighted by Crippen LogP contribution is -2.16. The normalized spacial score (nSPS) is 12.9. The number of nitrogens with zero attached hydrogens (tertiary/aromatic N) is 1. The van der Waals surface area contributed by atoms with Crippen molar-refractivity contribution in [2.24, 2.45) is 5.73 Å². The van der Waals surface area contributed by atoms with E-state index in [1.165, 1.54) is 0 Å². The Balaban J connectivity index is 2.68. The molecule has 0 amide bonds. The molecule has 66 valence electrons. The number of ether oxygens (including phenoxy) is 1. The number of pyridine rings is 1. The van der Waals surface area contributed by atoms with Gasteiger partial charge in [-0.15, -0.1) is 0 Å². The lowest BCUT2D eigenvalue weighted by atomic mass is 10.1. The first-order valence-corrected chi connectivity index (χ1v) is 4.68. The lowest BCUT2D eigenvalue weighted by Gasteiger charge is -2.09. The lowest BCUT2D eigenvalue weighted by molar-refractivity contribution is 0.181. The van der Waals surface area contributed by atoms with Gasteiger partial charge in [0.2, 0.25) is 0 Å². The molecule has 0 aliphatic carbocycles. The molecule has 1 rings (SSSR count). The van der Waals surface area contributed by atoms with Crippen LogP contribution in [-0.2, 0) is 4.74 Å². The third-order valence-corrected chi connectivity index (χ3v) is 2.16. The van der Waals surface area contributed by atoms with Crippen LogP contribution in [0.5, 0.6) is 0 Å². The molecular weight excluding hydrogens is 267 g/mol. The second kappa shape index (κ2) is 4.74. The molecule has 0 aliphatic rings. The molecule has 1 heterocycles. The van der Waals surface area contributed by atoms with Gasteiger partial charge in [0.05, 0.1) is 12.6 Å². The van der Waals surface area contributed by atoms with Gasteiger partial charge in [0.1, 0.15) is 3.70 Å². The summed E-state index contributed by atoms with van der Waals surface area (Å²) in [6, 6.07) is 3.84. The minimum atomic E-state index is -0.0699. The van der Waals surface area contributed by atoms with Crippen LogP contribution in [0, 0.1) is 3.70 Å². The summed E-state index contributed by atoms with van der Waals surface area (Å²) < 4.78 is 5.91. The summed E-state index contributed by atoms with van der Waals surface area (Å²) in [5.74, 6) is 0. The maximum absolute atomic E-state index is 5.79.